The summed E-state index contributed by atoms with van der Waals surface area (Å²) < 4.78 is 8.23. The Balaban J connectivity index is 0.00000616. The van der Waals surface area contributed by atoms with Gasteiger partial charge < -0.3 is 20.1 Å². The molecule has 1 aliphatic carbocycles. The van der Waals surface area contributed by atoms with Crippen LogP contribution in [0.15, 0.2) is 77.0 Å². The van der Waals surface area contributed by atoms with Crippen molar-refractivity contribution in [3.05, 3.63) is 77.5 Å². The minimum Gasteiger partial charge on any atom is -0.541 e. The smallest absolute Gasteiger partial charge is 0.241 e. The van der Waals surface area contributed by atoms with E-state index in [1.54, 1.807) is 27.7 Å². The Morgan fingerprint density at radius 3 is 2.33 bits per heavy atom. The van der Waals surface area contributed by atoms with Gasteiger partial charge in [0.1, 0.15) is 34.6 Å². The molecule has 42 heavy (non-hydrogen) atoms. The molecular weight excluding hydrogens is 748 g/mol. The van der Waals surface area contributed by atoms with E-state index in [0.29, 0.717) is 23.5 Å². The van der Waals surface area contributed by atoms with Crippen molar-refractivity contribution in [1.82, 2.24) is 0 Å². The van der Waals surface area contributed by atoms with Gasteiger partial charge >= 0.3 is 0 Å². The van der Waals surface area contributed by atoms with Crippen LogP contribution in [0.3, 0.4) is 0 Å². The maximum Gasteiger partial charge on any atom is 0.241 e. The molecule has 1 heterocycles. The average Bonchev–Trinajstić information content (AvgIpc) is 2.90. The maximum atomic E-state index is 12.6. The van der Waals surface area contributed by atoms with Crippen LogP contribution in [0.1, 0.15) is 86.1 Å². The van der Waals surface area contributed by atoms with Gasteiger partial charge in [-0.15, -0.1) is 5.41 Å². The fraction of sp³-hybridized carbons (Fsp3) is 0.486. The first kappa shape index (κ1) is 35.7. The third-order valence-electron chi connectivity index (χ3n) is 8.34. The number of ether oxygens (including phenoxy) is 1. The Morgan fingerprint density at radius 1 is 1.14 bits per heavy atom. The van der Waals surface area contributed by atoms with E-state index in [9.17, 15) is 9.59 Å². The SMILES string of the molecule is C=C(C)/C(=C(N)\N=C(/C)C1=[N+](CC2CCC(C)CC2)c2ccccc21)C(C)(C=O)C(=C)O/C=C(\C)CC(C)(C)[C-]=O.[U]. The Labute approximate surface area is 276 Å². The molecule has 1 aliphatic heterocycles. The summed E-state index contributed by atoms with van der Waals surface area (Å²) in [6.45, 7) is 22.4. The van der Waals surface area contributed by atoms with E-state index < -0.39 is 10.8 Å². The van der Waals surface area contributed by atoms with Crippen LogP contribution in [0.25, 0.3) is 0 Å². The van der Waals surface area contributed by atoms with Gasteiger partial charge in [-0.05, 0) is 70.1 Å². The molecule has 0 bridgehead atoms. The van der Waals surface area contributed by atoms with Crippen molar-refractivity contribution < 1.29 is 50.0 Å². The fourth-order valence-electron chi connectivity index (χ4n) is 6.02. The number of benzene rings is 1. The summed E-state index contributed by atoms with van der Waals surface area (Å²) in [5.41, 5.74) is 10.8. The zero-order chi connectivity index (χ0) is 30.5. The zero-order valence-corrected chi connectivity index (χ0v) is 30.6. The molecule has 0 saturated heterocycles. The zero-order valence-electron chi connectivity index (χ0n) is 26.5. The average molecular weight is 796 g/mol. The van der Waals surface area contributed by atoms with E-state index >= 15 is 0 Å². The molecule has 1 aromatic rings. The molecule has 3 rings (SSSR count). The van der Waals surface area contributed by atoms with Crippen LogP contribution in [-0.2, 0) is 14.3 Å². The number of aliphatic imine (C=N–C) groups is 1. The molecule has 1 fully saturated rings. The van der Waals surface area contributed by atoms with Crippen molar-refractivity contribution in [3.63, 3.8) is 0 Å². The fourth-order valence-corrected chi connectivity index (χ4v) is 6.02. The first-order chi connectivity index (χ1) is 19.2. The molecule has 0 aromatic heterocycles. The summed E-state index contributed by atoms with van der Waals surface area (Å²) in [4.78, 5) is 28.6. The normalized spacial score (nSPS) is 21.1. The predicted octanol–water partition coefficient (Wildman–Crippen LogP) is 7.33. The minimum absolute atomic E-state index is 0. The molecule has 1 unspecified atom stereocenters. The molecule has 1 saturated carbocycles. The van der Waals surface area contributed by atoms with Gasteiger partial charge in [0.2, 0.25) is 11.4 Å². The molecule has 2 aliphatic rings. The Hall–Kier alpha value is -2.49. The summed E-state index contributed by atoms with van der Waals surface area (Å²) in [6, 6.07) is 8.39. The van der Waals surface area contributed by atoms with E-state index in [0.717, 1.165) is 41.3 Å². The van der Waals surface area contributed by atoms with Crippen LogP contribution in [0, 0.1) is 53.8 Å². The van der Waals surface area contributed by atoms with Gasteiger partial charge in [0.15, 0.2) is 6.54 Å². The van der Waals surface area contributed by atoms with Crippen LogP contribution < -0.4 is 5.73 Å². The second-order valence-electron chi connectivity index (χ2n) is 12.8. The van der Waals surface area contributed by atoms with Crippen molar-refractivity contribution in [2.75, 3.05) is 6.54 Å². The second-order valence-corrected chi connectivity index (χ2v) is 12.8. The van der Waals surface area contributed by atoms with Crippen molar-refractivity contribution >= 4 is 29.7 Å². The van der Waals surface area contributed by atoms with Gasteiger partial charge in [0.25, 0.3) is 0 Å². The van der Waals surface area contributed by atoms with Gasteiger partial charge in [-0.1, -0.05) is 58.9 Å². The van der Waals surface area contributed by atoms with Gasteiger partial charge in [-0.25, -0.2) is 4.99 Å². The first-order valence-corrected chi connectivity index (χ1v) is 14.6. The number of carbonyl (C=O) groups excluding carboxylic acids is 2. The van der Waals surface area contributed by atoms with E-state index in [2.05, 4.69) is 42.9 Å². The summed E-state index contributed by atoms with van der Waals surface area (Å²) in [5, 5.41) is 0. The van der Waals surface area contributed by atoms with Crippen LogP contribution in [0.5, 0.6) is 0 Å². The van der Waals surface area contributed by atoms with Gasteiger partial charge in [0, 0.05) is 48.7 Å². The molecule has 0 radical (unpaired) electrons. The molecule has 1 aromatic carbocycles. The Bertz CT molecular complexity index is 1340. The molecule has 2 N–H and O–H groups in total. The summed E-state index contributed by atoms with van der Waals surface area (Å²) in [6.07, 6.45) is 9.83. The third kappa shape index (κ3) is 8.11. The quantitative estimate of drug-likeness (QED) is 0.0567. The molecule has 6 nitrogen and oxygen atoms in total. The number of nitrogens with zero attached hydrogens (tertiary/aromatic N) is 2. The Morgan fingerprint density at radius 2 is 1.76 bits per heavy atom. The number of nitrogens with two attached hydrogens (primary N) is 1. The van der Waals surface area contributed by atoms with Crippen molar-refractivity contribution in [3.8, 4) is 0 Å². The molecule has 0 amide bonds. The largest absolute Gasteiger partial charge is 0.541 e. The van der Waals surface area contributed by atoms with Crippen LogP contribution in [-0.4, -0.2) is 35.1 Å². The summed E-state index contributed by atoms with van der Waals surface area (Å²) >= 11 is 0. The number of hydrogen-bond acceptors (Lipinski definition) is 5. The number of carbonyl (C=O) groups is 1. The second kappa shape index (κ2) is 14.8. The van der Waals surface area contributed by atoms with Crippen LogP contribution in [0.4, 0.5) is 5.69 Å². The first-order valence-electron chi connectivity index (χ1n) is 14.6. The van der Waals surface area contributed by atoms with Gasteiger partial charge in [-0.3, -0.25) is 6.29 Å². The summed E-state index contributed by atoms with van der Waals surface area (Å²) in [7, 11) is 0. The van der Waals surface area contributed by atoms with E-state index in [-0.39, 0.29) is 42.7 Å². The Kier molecular flexibility index (Phi) is 12.6. The number of rotatable bonds is 13. The van der Waals surface area contributed by atoms with Gasteiger partial charge in [-0.2, -0.15) is 4.58 Å². The topological polar surface area (TPSA) is 84.8 Å². The minimum atomic E-state index is -1.29. The van der Waals surface area contributed by atoms with Crippen molar-refractivity contribution in [2.45, 2.75) is 80.6 Å². The van der Waals surface area contributed by atoms with Crippen LogP contribution >= 0.6 is 0 Å². The molecular formula is C35H47N3O3U. The number of fused-ring (bicyclic) bond motifs is 1. The summed E-state index contributed by atoms with van der Waals surface area (Å²) in [5.74, 6) is 1.85. The van der Waals surface area contributed by atoms with E-state index in [1.807, 2.05) is 26.2 Å². The van der Waals surface area contributed by atoms with E-state index in [1.165, 1.54) is 37.6 Å². The molecule has 7 heteroatoms. The van der Waals surface area contributed by atoms with Crippen molar-refractivity contribution in [2.24, 2.45) is 33.4 Å². The number of para-hydroxylation sites is 1. The number of aldehydes is 1. The maximum absolute atomic E-state index is 12.6. The third-order valence-corrected chi connectivity index (χ3v) is 8.34. The van der Waals surface area contributed by atoms with E-state index in [4.69, 9.17) is 15.5 Å². The van der Waals surface area contributed by atoms with Gasteiger partial charge in [0.05, 0.1) is 6.26 Å². The predicted molar refractivity (Wildman–Crippen MR) is 168 cm³/mol. The number of allylic oxidation sites excluding steroid dienone is 3. The van der Waals surface area contributed by atoms with Crippen molar-refractivity contribution in [1.29, 1.82) is 0 Å². The number of hydrogen-bond donors (Lipinski definition) is 1. The molecule has 224 valence electrons. The molecule has 1 atom stereocenters. The monoisotopic (exact) mass is 795 g/mol. The standard InChI is InChI=1S/C35H47N3O3.U/c1-23(2)31(35(9,22-40)27(6)41-20-25(4)18-34(7,8)21-39)33(36)37-26(5)32-29-12-10-11-13-30(29)38(32)19-28-16-14-24(3)15-17-28;/h10-13,20,22,24,28H,1,6,14-19,36H2,2-5,7-9H3;/b25-20+,33-31+,37-26+;. The van der Waals surface area contributed by atoms with Crippen LogP contribution in [0.2, 0.25) is 0 Å². The molecule has 0 spiro atoms.